The van der Waals surface area contributed by atoms with Crippen molar-refractivity contribution in [1.82, 2.24) is 20.9 Å². The topological polar surface area (TPSA) is 209 Å². The van der Waals surface area contributed by atoms with Crippen molar-refractivity contribution in [2.75, 3.05) is 5.75 Å². The Bertz CT molecular complexity index is 1150. The monoisotopic (exact) mass is 548 g/mol. The van der Waals surface area contributed by atoms with Crippen LogP contribution in [-0.2, 0) is 30.4 Å². The Hall–Kier alpha value is -3.58. The average molecular weight is 549 g/mol. The van der Waals surface area contributed by atoms with E-state index in [2.05, 4.69) is 33.6 Å². The molecule has 0 saturated heterocycles. The summed E-state index contributed by atoms with van der Waals surface area (Å²) >= 11 is 3.97. The molecule has 13 heteroatoms. The number of nitrogens with one attached hydrogen (secondary N) is 4. The Morgan fingerprint density at radius 1 is 1.03 bits per heavy atom. The fourth-order valence-electron chi connectivity index (χ4n) is 3.84. The van der Waals surface area contributed by atoms with E-state index in [9.17, 15) is 29.1 Å². The van der Waals surface area contributed by atoms with Gasteiger partial charge in [0.25, 0.3) is 0 Å². The average Bonchev–Trinajstić information content (AvgIpc) is 3.30. The summed E-state index contributed by atoms with van der Waals surface area (Å²) in [6.45, 7) is 3.57. The number of amides is 4. The summed E-state index contributed by atoms with van der Waals surface area (Å²) in [5.74, 6) is -4.33. The van der Waals surface area contributed by atoms with Crippen molar-refractivity contribution in [2.24, 2.45) is 17.4 Å². The predicted octanol–water partition coefficient (Wildman–Crippen LogP) is -0.182. The highest BCUT2D eigenvalue weighted by Crippen LogP contribution is 2.19. The molecule has 5 unspecified atom stereocenters. The number of hydrogen-bond acceptors (Lipinski definition) is 7. The molecule has 5 atom stereocenters. The molecule has 0 aliphatic rings. The first-order valence-electron chi connectivity index (χ1n) is 12.3. The zero-order chi connectivity index (χ0) is 28.4. The largest absolute Gasteiger partial charge is 0.480 e. The number of carboxylic acid groups (broad SMARTS) is 1. The van der Waals surface area contributed by atoms with Crippen LogP contribution in [0.1, 0.15) is 38.7 Å². The highest BCUT2D eigenvalue weighted by Gasteiger charge is 2.33. The van der Waals surface area contributed by atoms with E-state index in [4.69, 9.17) is 11.5 Å². The molecule has 0 spiro atoms. The second kappa shape index (κ2) is 14.4. The van der Waals surface area contributed by atoms with Gasteiger partial charge in [-0.1, -0.05) is 38.5 Å². The number of benzene rings is 1. The van der Waals surface area contributed by atoms with Gasteiger partial charge in [-0.2, -0.15) is 12.6 Å². The number of rotatable bonds is 15. The molecule has 0 aliphatic heterocycles. The van der Waals surface area contributed by atoms with Crippen molar-refractivity contribution < 1.29 is 29.1 Å². The SMILES string of the molecule is CCC(C)C(NC(=O)C(Cc1c[nH]c2ccccc12)NC(=O)C(N)CCC(N)=O)C(=O)NC(CS)C(=O)O. The summed E-state index contributed by atoms with van der Waals surface area (Å²) in [5, 5.41) is 17.9. The van der Waals surface area contributed by atoms with E-state index in [1.165, 1.54) is 0 Å². The lowest BCUT2D eigenvalue weighted by molar-refractivity contribution is -0.142. The number of aromatic nitrogens is 1. The van der Waals surface area contributed by atoms with Crippen molar-refractivity contribution >= 4 is 53.1 Å². The van der Waals surface area contributed by atoms with Crippen LogP contribution in [0.25, 0.3) is 10.9 Å². The number of carbonyl (C=O) groups is 5. The Kier molecular flexibility index (Phi) is 11.6. The molecular weight excluding hydrogens is 512 g/mol. The molecule has 0 fully saturated rings. The zero-order valence-electron chi connectivity index (χ0n) is 21.4. The Morgan fingerprint density at radius 3 is 2.29 bits per heavy atom. The van der Waals surface area contributed by atoms with Crippen LogP contribution in [0.4, 0.5) is 0 Å². The van der Waals surface area contributed by atoms with Crippen molar-refractivity contribution in [3.63, 3.8) is 0 Å². The van der Waals surface area contributed by atoms with Gasteiger partial charge >= 0.3 is 5.97 Å². The van der Waals surface area contributed by atoms with Gasteiger partial charge in [-0.05, 0) is 24.0 Å². The minimum absolute atomic E-state index is 0.000789. The van der Waals surface area contributed by atoms with Gasteiger partial charge in [-0.3, -0.25) is 19.2 Å². The second-order valence-electron chi connectivity index (χ2n) is 9.19. The fraction of sp³-hybridized carbons (Fsp3) is 0.480. The lowest BCUT2D eigenvalue weighted by atomic mass is 9.96. The number of hydrogen-bond donors (Lipinski definition) is 8. The first kappa shape index (κ1) is 30.6. The number of H-pyrrole nitrogens is 1. The smallest absolute Gasteiger partial charge is 0.327 e. The number of carboxylic acids is 1. The van der Waals surface area contributed by atoms with E-state index in [1.807, 2.05) is 31.2 Å². The molecular formula is C25H36N6O6S. The van der Waals surface area contributed by atoms with Crippen LogP contribution >= 0.6 is 12.6 Å². The van der Waals surface area contributed by atoms with Crippen LogP contribution in [-0.4, -0.2) is 69.6 Å². The third-order valence-electron chi connectivity index (χ3n) is 6.36. The summed E-state index contributed by atoms with van der Waals surface area (Å²) in [5.41, 5.74) is 12.6. The zero-order valence-corrected chi connectivity index (χ0v) is 22.3. The maximum absolute atomic E-state index is 13.5. The van der Waals surface area contributed by atoms with Crippen molar-refractivity contribution in [2.45, 2.75) is 63.7 Å². The Labute approximate surface area is 226 Å². The van der Waals surface area contributed by atoms with Crippen LogP contribution in [0, 0.1) is 5.92 Å². The number of nitrogens with two attached hydrogens (primary N) is 2. The third-order valence-corrected chi connectivity index (χ3v) is 6.73. The summed E-state index contributed by atoms with van der Waals surface area (Å²) < 4.78 is 0. The highest BCUT2D eigenvalue weighted by molar-refractivity contribution is 7.80. The molecule has 0 saturated carbocycles. The molecule has 4 amide bonds. The van der Waals surface area contributed by atoms with Crippen molar-refractivity contribution in [3.8, 4) is 0 Å². The van der Waals surface area contributed by atoms with E-state index in [0.29, 0.717) is 6.42 Å². The lowest BCUT2D eigenvalue weighted by Crippen LogP contribution is -2.59. The van der Waals surface area contributed by atoms with Crippen LogP contribution in [0.15, 0.2) is 30.5 Å². The van der Waals surface area contributed by atoms with Crippen molar-refractivity contribution in [1.29, 1.82) is 0 Å². The molecule has 12 nitrogen and oxygen atoms in total. The number of thiol groups is 1. The minimum Gasteiger partial charge on any atom is -0.480 e. The predicted molar refractivity (Wildman–Crippen MR) is 145 cm³/mol. The van der Waals surface area contributed by atoms with Crippen LogP contribution < -0.4 is 27.4 Å². The van der Waals surface area contributed by atoms with Gasteiger partial charge in [0.05, 0.1) is 6.04 Å². The molecule has 0 radical (unpaired) electrons. The highest BCUT2D eigenvalue weighted by atomic mass is 32.1. The number of aliphatic carboxylic acids is 1. The van der Waals surface area contributed by atoms with Gasteiger partial charge in [0, 0.05) is 35.7 Å². The quantitative estimate of drug-likeness (QED) is 0.141. The molecule has 0 aliphatic carbocycles. The maximum Gasteiger partial charge on any atom is 0.327 e. The van der Waals surface area contributed by atoms with E-state index < -0.39 is 53.8 Å². The van der Waals surface area contributed by atoms with E-state index in [1.54, 1.807) is 13.1 Å². The lowest BCUT2D eigenvalue weighted by Gasteiger charge is -2.28. The molecule has 1 heterocycles. The van der Waals surface area contributed by atoms with Gasteiger partial charge in [0.2, 0.25) is 23.6 Å². The van der Waals surface area contributed by atoms with E-state index in [0.717, 1.165) is 16.5 Å². The summed E-state index contributed by atoms with van der Waals surface area (Å²) in [6, 6.07) is 2.93. The number of carbonyl (C=O) groups excluding carboxylic acids is 4. The van der Waals surface area contributed by atoms with Gasteiger partial charge in [-0.25, -0.2) is 4.79 Å². The van der Waals surface area contributed by atoms with Crippen LogP contribution in [0.3, 0.4) is 0 Å². The molecule has 2 aromatic rings. The summed E-state index contributed by atoms with van der Waals surface area (Å²) in [7, 11) is 0. The van der Waals surface area contributed by atoms with Crippen molar-refractivity contribution in [3.05, 3.63) is 36.0 Å². The molecule has 38 heavy (non-hydrogen) atoms. The van der Waals surface area contributed by atoms with Gasteiger partial charge < -0.3 is 37.5 Å². The normalized spacial score (nSPS) is 15.1. The second-order valence-corrected chi connectivity index (χ2v) is 9.56. The number of primary amides is 1. The van der Waals surface area contributed by atoms with Crippen LogP contribution in [0.2, 0.25) is 0 Å². The molecule has 1 aromatic carbocycles. The summed E-state index contributed by atoms with van der Waals surface area (Å²) in [4.78, 5) is 64.9. The summed E-state index contributed by atoms with van der Waals surface area (Å²) in [6.07, 6.45) is 2.22. The molecule has 1 aromatic heterocycles. The first-order chi connectivity index (χ1) is 18.0. The van der Waals surface area contributed by atoms with Crippen LogP contribution in [0.5, 0.6) is 0 Å². The third kappa shape index (κ3) is 8.48. The number of aromatic amines is 1. The Balaban J connectivity index is 2.30. The van der Waals surface area contributed by atoms with Gasteiger partial charge in [0.15, 0.2) is 0 Å². The number of fused-ring (bicyclic) bond motifs is 1. The first-order valence-corrected chi connectivity index (χ1v) is 12.9. The molecule has 9 N–H and O–H groups in total. The Morgan fingerprint density at radius 2 is 1.68 bits per heavy atom. The minimum atomic E-state index is -1.25. The number of para-hydroxylation sites is 1. The maximum atomic E-state index is 13.5. The molecule has 2 rings (SSSR count). The molecule has 0 bridgehead atoms. The van der Waals surface area contributed by atoms with Gasteiger partial charge in [0.1, 0.15) is 18.1 Å². The molecule has 208 valence electrons. The van der Waals surface area contributed by atoms with Gasteiger partial charge in [-0.15, -0.1) is 0 Å². The van der Waals surface area contributed by atoms with E-state index in [-0.39, 0.29) is 30.9 Å². The standard InChI is InChI=1S/C25H36N6O6S/c1-3-13(2)21(24(35)30-19(12-38)25(36)37)31-23(34)18(29-22(33)16(26)8-9-20(27)32)10-14-11-28-17-7-5-4-6-15(14)17/h4-7,11,13,16,18-19,21,28,38H,3,8-10,12,26H2,1-2H3,(H2,27,32)(H,29,33)(H,30,35)(H,31,34)(H,36,37). The van der Waals surface area contributed by atoms with E-state index >= 15 is 0 Å². The fourth-order valence-corrected chi connectivity index (χ4v) is 4.09.